The zero-order valence-corrected chi connectivity index (χ0v) is 11.5. The van der Waals surface area contributed by atoms with Crippen molar-refractivity contribution in [2.24, 2.45) is 0 Å². The first-order valence-corrected chi connectivity index (χ1v) is 6.25. The highest BCUT2D eigenvalue weighted by Crippen LogP contribution is 2.24. The molecule has 3 nitrogen and oxygen atoms in total. The molecule has 0 amide bonds. The van der Waals surface area contributed by atoms with Crippen LogP contribution in [0.1, 0.15) is 15.9 Å². The smallest absolute Gasteiger partial charge is 0.171 e. The van der Waals surface area contributed by atoms with E-state index in [9.17, 15) is 4.79 Å². The van der Waals surface area contributed by atoms with E-state index in [1.54, 1.807) is 31.6 Å². The second-order valence-corrected chi connectivity index (χ2v) is 4.72. The molecule has 0 aliphatic rings. The summed E-state index contributed by atoms with van der Waals surface area (Å²) in [5.74, 6) is 0.602. The molecule has 0 radical (unpaired) electrons. The van der Waals surface area contributed by atoms with E-state index in [1.807, 2.05) is 18.2 Å². The maximum atomic E-state index is 12.2. The summed E-state index contributed by atoms with van der Waals surface area (Å²) in [7, 11) is 1.56. The van der Waals surface area contributed by atoms with Gasteiger partial charge in [0.25, 0.3) is 0 Å². The Hall–Kier alpha value is -1.68. The van der Waals surface area contributed by atoms with Gasteiger partial charge < -0.3 is 4.74 Å². The molecule has 0 aliphatic heterocycles. The molecule has 0 saturated carbocycles. The Kier molecular flexibility index (Phi) is 4.10. The highest BCUT2D eigenvalue weighted by atomic mass is 79.9. The molecule has 0 spiro atoms. The lowest BCUT2D eigenvalue weighted by Crippen LogP contribution is -2.06. The van der Waals surface area contributed by atoms with Crippen LogP contribution < -0.4 is 4.74 Å². The number of carbonyl (C=O) groups excluding carboxylic acids is 1. The maximum Gasteiger partial charge on any atom is 0.171 e. The van der Waals surface area contributed by atoms with E-state index in [0.717, 1.165) is 10.0 Å². The number of methoxy groups -OCH3 is 1. The number of carbonyl (C=O) groups is 1. The maximum absolute atomic E-state index is 12.2. The first-order valence-electron chi connectivity index (χ1n) is 5.46. The number of benzene rings is 1. The van der Waals surface area contributed by atoms with Crippen molar-refractivity contribution in [2.45, 2.75) is 6.42 Å². The van der Waals surface area contributed by atoms with Crippen LogP contribution in [0.3, 0.4) is 0 Å². The first-order chi connectivity index (χ1) is 8.70. The van der Waals surface area contributed by atoms with Gasteiger partial charge in [-0.05, 0) is 29.8 Å². The number of pyridine rings is 1. The summed E-state index contributed by atoms with van der Waals surface area (Å²) >= 11 is 3.35. The third-order valence-corrected chi connectivity index (χ3v) is 3.04. The molecule has 2 aromatic rings. The van der Waals surface area contributed by atoms with Gasteiger partial charge in [-0.2, -0.15) is 0 Å². The third-order valence-electron chi connectivity index (χ3n) is 2.55. The van der Waals surface area contributed by atoms with Crippen LogP contribution in [-0.4, -0.2) is 17.9 Å². The molecule has 1 heterocycles. The van der Waals surface area contributed by atoms with Gasteiger partial charge in [-0.25, -0.2) is 0 Å². The van der Waals surface area contributed by atoms with Crippen molar-refractivity contribution in [1.82, 2.24) is 4.98 Å². The highest BCUT2D eigenvalue weighted by molar-refractivity contribution is 9.10. The Morgan fingerprint density at radius 3 is 2.89 bits per heavy atom. The quantitative estimate of drug-likeness (QED) is 0.814. The summed E-state index contributed by atoms with van der Waals surface area (Å²) in [5, 5.41) is 0. The molecule has 18 heavy (non-hydrogen) atoms. The predicted molar refractivity (Wildman–Crippen MR) is 73.0 cm³/mol. The number of aromatic nitrogens is 1. The lowest BCUT2D eigenvalue weighted by Gasteiger charge is -2.08. The predicted octanol–water partition coefficient (Wildman–Crippen LogP) is 3.28. The zero-order chi connectivity index (χ0) is 13.0. The van der Waals surface area contributed by atoms with Gasteiger partial charge in [0, 0.05) is 23.3 Å². The van der Waals surface area contributed by atoms with Crippen LogP contribution in [0.25, 0.3) is 0 Å². The van der Waals surface area contributed by atoms with Gasteiger partial charge in [-0.1, -0.05) is 22.0 Å². The first kappa shape index (κ1) is 12.8. The Labute approximate surface area is 114 Å². The minimum absolute atomic E-state index is 0.0207. The van der Waals surface area contributed by atoms with E-state index in [0.29, 0.717) is 17.7 Å². The molecule has 0 unspecified atom stereocenters. The molecular weight excluding hydrogens is 294 g/mol. The molecule has 0 saturated heterocycles. The summed E-state index contributed by atoms with van der Waals surface area (Å²) < 4.78 is 6.10. The minimum atomic E-state index is 0.0207. The zero-order valence-electron chi connectivity index (χ0n) is 9.89. The number of nitrogens with zero attached hydrogens (tertiary/aromatic N) is 1. The van der Waals surface area contributed by atoms with Gasteiger partial charge in [0.05, 0.1) is 12.7 Å². The highest BCUT2D eigenvalue weighted by Gasteiger charge is 2.13. The van der Waals surface area contributed by atoms with E-state index >= 15 is 0 Å². The molecule has 0 bridgehead atoms. The molecule has 92 valence electrons. The van der Waals surface area contributed by atoms with Crippen LogP contribution >= 0.6 is 15.9 Å². The molecule has 0 atom stereocenters. The van der Waals surface area contributed by atoms with Crippen LogP contribution in [-0.2, 0) is 6.42 Å². The number of hydrogen-bond acceptors (Lipinski definition) is 3. The largest absolute Gasteiger partial charge is 0.496 e. The summed E-state index contributed by atoms with van der Waals surface area (Å²) in [6.45, 7) is 0. The van der Waals surface area contributed by atoms with Crippen molar-refractivity contribution in [2.75, 3.05) is 7.11 Å². The molecule has 0 N–H and O–H groups in total. The van der Waals surface area contributed by atoms with Crippen molar-refractivity contribution in [1.29, 1.82) is 0 Å². The average molecular weight is 306 g/mol. The van der Waals surface area contributed by atoms with Crippen LogP contribution in [0, 0.1) is 0 Å². The monoisotopic (exact) mass is 305 g/mol. The summed E-state index contributed by atoms with van der Waals surface area (Å²) in [6, 6.07) is 9.09. The Morgan fingerprint density at radius 2 is 2.22 bits per heavy atom. The van der Waals surface area contributed by atoms with Crippen molar-refractivity contribution in [3.05, 3.63) is 58.3 Å². The topological polar surface area (TPSA) is 39.2 Å². The van der Waals surface area contributed by atoms with Gasteiger partial charge in [0.15, 0.2) is 5.78 Å². The van der Waals surface area contributed by atoms with E-state index in [-0.39, 0.29) is 5.78 Å². The third kappa shape index (κ3) is 2.96. The number of ether oxygens (including phenoxy) is 1. The number of halogens is 1. The molecule has 1 aromatic heterocycles. The second kappa shape index (κ2) is 5.78. The van der Waals surface area contributed by atoms with Gasteiger partial charge >= 0.3 is 0 Å². The average Bonchev–Trinajstić information content (AvgIpc) is 2.39. The van der Waals surface area contributed by atoms with Crippen LogP contribution in [0.4, 0.5) is 0 Å². The lowest BCUT2D eigenvalue weighted by atomic mass is 10.0. The van der Waals surface area contributed by atoms with E-state index < -0.39 is 0 Å². The SMILES string of the molecule is COc1cc(Br)ccc1C(=O)Cc1cccnc1. The van der Waals surface area contributed by atoms with Crippen molar-refractivity contribution in [3.63, 3.8) is 0 Å². The molecule has 4 heteroatoms. The van der Waals surface area contributed by atoms with Gasteiger partial charge in [-0.15, -0.1) is 0 Å². The summed E-state index contributed by atoms with van der Waals surface area (Å²) in [5.41, 5.74) is 1.48. The van der Waals surface area contributed by atoms with Crippen molar-refractivity contribution < 1.29 is 9.53 Å². The fourth-order valence-corrected chi connectivity index (χ4v) is 2.02. The van der Waals surface area contributed by atoms with E-state index in [1.165, 1.54) is 0 Å². The van der Waals surface area contributed by atoms with Crippen molar-refractivity contribution >= 4 is 21.7 Å². The summed E-state index contributed by atoms with van der Waals surface area (Å²) in [4.78, 5) is 16.2. The molecule has 0 aliphatic carbocycles. The van der Waals surface area contributed by atoms with Crippen molar-refractivity contribution in [3.8, 4) is 5.75 Å². The fourth-order valence-electron chi connectivity index (χ4n) is 1.68. The van der Waals surface area contributed by atoms with Crippen LogP contribution in [0.15, 0.2) is 47.2 Å². The number of hydrogen-bond donors (Lipinski definition) is 0. The van der Waals surface area contributed by atoms with Crippen LogP contribution in [0.2, 0.25) is 0 Å². The number of rotatable bonds is 4. The molecule has 0 fully saturated rings. The molecular formula is C14H12BrNO2. The van der Waals surface area contributed by atoms with E-state index in [2.05, 4.69) is 20.9 Å². The second-order valence-electron chi connectivity index (χ2n) is 3.81. The molecule has 2 rings (SSSR count). The van der Waals surface area contributed by atoms with Crippen LogP contribution in [0.5, 0.6) is 5.75 Å². The standard InChI is InChI=1S/C14H12BrNO2/c1-18-14-8-11(15)4-5-12(14)13(17)7-10-3-2-6-16-9-10/h2-6,8-9H,7H2,1H3. The van der Waals surface area contributed by atoms with Gasteiger partial charge in [0.1, 0.15) is 5.75 Å². The number of ketones is 1. The molecule has 1 aromatic carbocycles. The minimum Gasteiger partial charge on any atom is -0.496 e. The van der Waals surface area contributed by atoms with Gasteiger partial charge in [0.2, 0.25) is 0 Å². The Balaban J connectivity index is 2.24. The normalized spacial score (nSPS) is 10.1. The lowest BCUT2D eigenvalue weighted by molar-refractivity contribution is 0.0990. The number of Topliss-reactive ketones (excluding diaryl/α,β-unsaturated/α-hetero) is 1. The Morgan fingerprint density at radius 1 is 1.39 bits per heavy atom. The fraction of sp³-hybridized carbons (Fsp3) is 0.143. The van der Waals surface area contributed by atoms with Gasteiger partial charge in [-0.3, -0.25) is 9.78 Å². The summed E-state index contributed by atoms with van der Waals surface area (Å²) in [6.07, 6.45) is 3.71. The van der Waals surface area contributed by atoms with E-state index in [4.69, 9.17) is 4.74 Å². The Bertz CT molecular complexity index is 555.